The van der Waals surface area contributed by atoms with Crippen molar-refractivity contribution in [3.63, 3.8) is 0 Å². The summed E-state index contributed by atoms with van der Waals surface area (Å²) >= 11 is 0. The number of nitrogens with two attached hydrogens (primary N) is 1. The molecule has 1 aromatic carbocycles. The summed E-state index contributed by atoms with van der Waals surface area (Å²) < 4.78 is 10.8. The molecule has 1 aromatic heterocycles. The summed E-state index contributed by atoms with van der Waals surface area (Å²) in [6.07, 6.45) is 3.49. The van der Waals surface area contributed by atoms with E-state index in [1.54, 1.807) is 13.3 Å². The highest BCUT2D eigenvalue weighted by atomic mass is 16.5. The third-order valence-electron chi connectivity index (χ3n) is 3.33. The number of hydrogen-bond acceptors (Lipinski definition) is 4. The first kappa shape index (κ1) is 15.5. The predicted molar refractivity (Wildman–Crippen MR) is 83.6 cm³/mol. The second-order valence-electron chi connectivity index (χ2n) is 4.92. The molecule has 2 aromatic rings. The molecule has 0 aliphatic rings. The largest absolute Gasteiger partial charge is 0.456 e. The van der Waals surface area contributed by atoms with Crippen molar-refractivity contribution < 1.29 is 9.47 Å². The van der Waals surface area contributed by atoms with Gasteiger partial charge in [0.2, 0.25) is 0 Å². The normalized spacial score (nSPS) is 12.1. The Morgan fingerprint density at radius 1 is 1.10 bits per heavy atom. The van der Waals surface area contributed by atoms with Crippen LogP contribution >= 0.6 is 0 Å². The number of nitrogens with zero attached hydrogens (tertiary/aromatic N) is 1. The van der Waals surface area contributed by atoms with E-state index in [4.69, 9.17) is 15.2 Å². The zero-order valence-corrected chi connectivity index (χ0v) is 12.6. The van der Waals surface area contributed by atoms with Crippen LogP contribution in [0.1, 0.15) is 30.6 Å². The maximum absolute atomic E-state index is 5.94. The molecule has 0 bridgehead atoms. The van der Waals surface area contributed by atoms with Crippen molar-refractivity contribution in [1.29, 1.82) is 0 Å². The van der Waals surface area contributed by atoms with Gasteiger partial charge in [-0.25, -0.2) is 0 Å². The van der Waals surface area contributed by atoms with E-state index >= 15 is 0 Å². The Morgan fingerprint density at radius 2 is 1.81 bits per heavy atom. The summed E-state index contributed by atoms with van der Waals surface area (Å²) in [5.41, 5.74) is 8.06. The van der Waals surface area contributed by atoms with E-state index in [0.717, 1.165) is 30.9 Å². The molecular formula is C17H22N2O2. The number of hydrogen-bond donors (Lipinski definition) is 1. The number of aromatic nitrogens is 1. The van der Waals surface area contributed by atoms with Gasteiger partial charge in [0, 0.05) is 13.2 Å². The molecule has 0 radical (unpaired) electrons. The Balaban J connectivity index is 1.97. The summed E-state index contributed by atoms with van der Waals surface area (Å²) in [5, 5.41) is 0. The molecule has 21 heavy (non-hydrogen) atoms. The Kier molecular flexibility index (Phi) is 5.72. The molecule has 112 valence electrons. The lowest BCUT2D eigenvalue weighted by atomic mass is 10.1. The summed E-state index contributed by atoms with van der Waals surface area (Å²) in [4.78, 5) is 4.34. The van der Waals surface area contributed by atoms with Gasteiger partial charge in [0.15, 0.2) is 0 Å². The summed E-state index contributed by atoms with van der Waals surface area (Å²) in [7, 11) is 1.71. The van der Waals surface area contributed by atoms with Gasteiger partial charge >= 0.3 is 0 Å². The third kappa shape index (κ3) is 4.55. The number of methoxy groups -OCH3 is 1. The lowest BCUT2D eigenvalue weighted by Gasteiger charge is -2.10. The predicted octanol–water partition coefficient (Wildman–Crippen LogP) is 3.47. The van der Waals surface area contributed by atoms with Gasteiger partial charge in [-0.3, -0.25) is 4.98 Å². The van der Waals surface area contributed by atoms with Crippen molar-refractivity contribution in [3.8, 4) is 11.5 Å². The van der Waals surface area contributed by atoms with Gasteiger partial charge in [-0.15, -0.1) is 0 Å². The quantitative estimate of drug-likeness (QED) is 0.846. The Hall–Kier alpha value is -1.91. The molecule has 4 nitrogen and oxygen atoms in total. The van der Waals surface area contributed by atoms with Crippen LogP contribution in [0.3, 0.4) is 0 Å². The monoisotopic (exact) mass is 286 g/mol. The van der Waals surface area contributed by atoms with E-state index < -0.39 is 0 Å². The van der Waals surface area contributed by atoms with Crippen LogP contribution in [-0.2, 0) is 11.2 Å². The van der Waals surface area contributed by atoms with Crippen molar-refractivity contribution in [3.05, 3.63) is 53.9 Å². The van der Waals surface area contributed by atoms with Crippen LogP contribution < -0.4 is 10.5 Å². The highest BCUT2D eigenvalue weighted by molar-refractivity contribution is 5.32. The molecule has 0 unspecified atom stereocenters. The molecule has 2 rings (SSSR count). The Morgan fingerprint density at radius 3 is 2.38 bits per heavy atom. The standard InChI is InChI=1S/C17H22N2O2/c1-3-16(18)17-9-8-15(12-19-17)21-14-6-4-13(5-7-14)10-11-20-2/h4-9,12,16H,3,10-11,18H2,1-2H3/t16-/m0/s1. The zero-order chi connectivity index (χ0) is 15.1. The zero-order valence-electron chi connectivity index (χ0n) is 12.6. The van der Waals surface area contributed by atoms with Gasteiger partial charge in [-0.2, -0.15) is 0 Å². The van der Waals surface area contributed by atoms with Crippen molar-refractivity contribution >= 4 is 0 Å². The molecule has 4 heteroatoms. The van der Waals surface area contributed by atoms with Gasteiger partial charge in [0.1, 0.15) is 11.5 Å². The van der Waals surface area contributed by atoms with Crippen LogP contribution in [0.2, 0.25) is 0 Å². The molecule has 2 N–H and O–H groups in total. The van der Waals surface area contributed by atoms with Crippen LogP contribution in [0.15, 0.2) is 42.6 Å². The highest BCUT2D eigenvalue weighted by Crippen LogP contribution is 2.22. The van der Waals surface area contributed by atoms with Crippen molar-refractivity contribution in [2.45, 2.75) is 25.8 Å². The van der Waals surface area contributed by atoms with Crippen molar-refractivity contribution in [2.75, 3.05) is 13.7 Å². The lowest BCUT2D eigenvalue weighted by molar-refractivity contribution is 0.202. The average molecular weight is 286 g/mol. The fourth-order valence-corrected chi connectivity index (χ4v) is 1.96. The molecule has 1 heterocycles. The Bertz CT molecular complexity index is 538. The van der Waals surface area contributed by atoms with Crippen LogP contribution in [0.4, 0.5) is 0 Å². The second kappa shape index (κ2) is 7.76. The molecule has 0 amide bonds. The van der Waals surface area contributed by atoms with E-state index in [1.165, 1.54) is 5.56 Å². The number of ether oxygens (including phenoxy) is 2. The maximum atomic E-state index is 5.94. The van der Waals surface area contributed by atoms with Gasteiger partial charge in [0.05, 0.1) is 18.5 Å². The van der Waals surface area contributed by atoms with Gasteiger partial charge in [-0.1, -0.05) is 19.1 Å². The summed E-state index contributed by atoms with van der Waals surface area (Å²) in [5.74, 6) is 1.51. The summed E-state index contributed by atoms with van der Waals surface area (Å²) in [6, 6.07) is 11.8. The minimum Gasteiger partial charge on any atom is -0.456 e. The molecule has 0 fully saturated rings. The van der Waals surface area contributed by atoms with Crippen molar-refractivity contribution in [2.24, 2.45) is 5.73 Å². The van der Waals surface area contributed by atoms with Crippen LogP contribution in [-0.4, -0.2) is 18.7 Å². The molecule has 0 aliphatic carbocycles. The SMILES string of the molecule is CC[C@H](N)c1ccc(Oc2ccc(CCOC)cc2)cn1. The van der Waals surface area contributed by atoms with E-state index in [1.807, 2.05) is 43.3 Å². The van der Waals surface area contributed by atoms with Crippen molar-refractivity contribution in [1.82, 2.24) is 4.98 Å². The van der Waals surface area contributed by atoms with Gasteiger partial charge in [0.25, 0.3) is 0 Å². The fourth-order valence-electron chi connectivity index (χ4n) is 1.96. The first-order valence-corrected chi connectivity index (χ1v) is 7.20. The average Bonchev–Trinajstić information content (AvgIpc) is 2.54. The topological polar surface area (TPSA) is 57.4 Å². The van der Waals surface area contributed by atoms with Gasteiger partial charge in [-0.05, 0) is 42.7 Å². The fraction of sp³-hybridized carbons (Fsp3) is 0.353. The molecule has 1 atom stereocenters. The smallest absolute Gasteiger partial charge is 0.145 e. The number of pyridine rings is 1. The first-order chi connectivity index (χ1) is 10.2. The molecule has 0 aliphatic heterocycles. The van der Waals surface area contributed by atoms with E-state index in [0.29, 0.717) is 5.75 Å². The maximum Gasteiger partial charge on any atom is 0.145 e. The number of rotatable bonds is 7. The first-order valence-electron chi connectivity index (χ1n) is 7.20. The second-order valence-corrected chi connectivity index (χ2v) is 4.92. The van der Waals surface area contributed by atoms with Gasteiger partial charge < -0.3 is 15.2 Å². The minimum absolute atomic E-state index is 0.0147. The molecule has 0 spiro atoms. The minimum atomic E-state index is -0.0147. The third-order valence-corrected chi connectivity index (χ3v) is 3.33. The molecule has 0 saturated carbocycles. The van der Waals surface area contributed by atoms with Crippen LogP contribution in [0.25, 0.3) is 0 Å². The van der Waals surface area contributed by atoms with E-state index in [-0.39, 0.29) is 6.04 Å². The Labute approximate surface area is 125 Å². The van der Waals surface area contributed by atoms with E-state index in [2.05, 4.69) is 4.98 Å². The van der Waals surface area contributed by atoms with Crippen LogP contribution in [0, 0.1) is 0 Å². The lowest BCUT2D eigenvalue weighted by Crippen LogP contribution is -2.10. The molecule has 0 saturated heterocycles. The van der Waals surface area contributed by atoms with E-state index in [9.17, 15) is 0 Å². The van der Waals surface area contributed by atoms with Crippen LogP contribution in [0.5, 0.6) is 11.5 Å². The highest BCUT2D eigenvalue weighted by Gasteiger charge is 2.05. The summed E-state index contributed by atoms with van der Waals surface area (Å²) in [6.45, 7) is 2.77. The number of benzene rings is 1. The molecular weight excluding hydrogens is 264 g/mol.